The van der Waals surface area contributed by atoms with E-state index in [4.69, 9.17) is 5.11 Å². The van der Waals surface area contributed by atoms with Gasteiger partial charge in [0.1, 0.15) is 0 Å². The van der Waals surface area contributed by atoms with Gasteiger partial charge in [0, 0.05) is 0 Å². The summed E-state index contributed by atoms with van der Waals surface area (Å²) in [5, 5.41) is 8.81. The summed E-state index contributed by atoms with van der Waals surface area (Å²) in [6, 6.07) is 0. The van der Waals surface area contributed by atoms with Crippen molar-refractivity contribution in [3.05, 3.63) is 12.8 Å². The summed E-state index contributed by atoms with van der Waals surface area (Å²) in [5.74, 6) is -0.774. The molecule has 0 aromatic carbocycles. The van der Waals surface area contributed by atoms with Gasteiger partial charge in [0.25, 0.3) is 0 Å². The number of esters is 1. The van der Waals surface area contributed by atoms with Gasteiger partial charge in [0.05, 0.1) is 18.8 Å². The second-order valence-electron chi connectivity index (χ2n) is 2.63. The predicted molar refractivity (Wildman–Crippen MR) is 46.4 cm³/mol. The van der Waals surface area contributed by atoms with Crippen LogP contribution in [0.15, 0.2) is 12.8 Å². The highest BCUT2D eigenvalue weighted by molar-refractivity contribution is 5.73. The van der Waals surface area contributed by atoms with Crippen LogP contribution in [0.25, 0.3) is 0 Å². The quantitative estimate of drug-likeness (QED) is 0.487. The van der Waals surface area contributed by atoms with E-state index in [9.17, 15) is 4.79 Å². The largest absolute Gasteiger partial charge is 0.435 e. The topological polar surface area (TPSA) is 46.5 Å². The molecule has 0 heterocycles. The molecule has 0 saturated carbocycles. The number of ether oxygens (including phenoxy) is 1. The molecule has 0 aliphatic carbocycles. The van der Waals surface area contributed by atoms with Gasteiger partial charge in [-0.2, -0.15) is 0 Å². The molecule has 0 aromatic rings. The maximum absolute atomic E-state index is 11.0. The normalized spacial score (nSPS) is 12.2. The van der Waals surface area contributed by atoms with E-state index in [1.807, 2.05) is 6.92 Å². The number of hydrogen-bond acceptors (Lipinski definition) is 3. The van der Waals surface area contributed by atoms with Crippen LogP contribution in [0.1, 0.15) is 26.2 Å². The van der Waals surface area contributed by atoms with Gasteiger partial charge in [0.15, 0.2) is 0 Å². The van der Waals surface area contributed by atoms with Crippen LogP contribution >= 0.6 is 0 Å². The molecular formula is C9H16O3. The summed E-state index contributed by atoms with van der Waals surface area (Å²) in [5.41, 5.74) is 0. The zero-order chi connectivity index (χ0) is 9.40. The molecule has 0 fully saturated rings. The highest BCUT2D eigenvalue weighted by Crippen LogP contribution is 2.09. The Balaban J connectivity index is 3.78. The van der Waals surface area contributed by atoms with Crippen LogP contribution in [0.4, 0.5) is 0 Å². The first-order chi connectivity index (χ1) is 5.76. The number of unbranched alkanes of at least 4 members (excludes halogenated alkanes) is 1. The minimum atomic E-state index is -0.388. The van der Waals surface area contributed by atoms with Crippen LogP contribution in [-0.2, 0) is 9.53 Å². The molecular weight excluding hydrogens is 156 g/mol. The van der Waals surface area contributed by atoms with Gasteiger partial charge in [-0.05, 0) is 6.42 Å². The highest BCUT2D eigenvalue weighted by Gasteiger charge is 2.17. The Morgan fingerprint density at radius 3 is 2.83 bits per heavy atom. The third kappa shape index (κ3) is 4.13. The molecule has 0 aliphatic heterocycles. The summed E-state index contributed by atoms with van der Waals surface area (Å²) in [6.45, 7) is 5.16. The minimum Gasteiger partial charge on any atom is -0.435 e. The molecule has 0 spiro atoms. The van der Waals surface area contributed by atoms with Gasteiger partial charge >= 0.3 is 5.97 Å². The van der Waals surface area contributed by atoms with Crippen LogP contribution in [0.5, 0.6) is 0 Å². The third-order valence-electron chi connectivity index (χ3n) is 1.66. The van der Waals surface area contributed by atoms with Crippen molar-refractivity contribution in [2.24, 2.45) is 5.92 Å². The molecule has 0 rings (SSSR count). The van der Waals surface area contributed by atoms with Gasteiger partial charge < -0.3 is 9.84 Å². The molecule has 1 atom stereocenters. The van der Waals surface area contributed by atoms with Gasteiger partial charge in [-0.15, -0.1) is 0 Å². The fourth-order valence-electron chi connectivity index (χ4n) is 0.913. The molecule has 0 radical (unpaired) electrons. The Bertz CT molecular complexity index is 143. The second-order valence-corrected chi connectivity index (χ2v) is 2.63. The third-order valence-corrected chi connectivity index (χ3v) is 1.66. The van der Waals surface area contributed by atoms with E-state index in [1.54, 1.807) is 0 Å². The molecule has 70 valence electrons. The number of rotatable bonds is 6. The lowest BCUT2D eigenvalue weighted by Gasteiger charge is -2.09. The van der Waals surface area contributed by atoms with Crippen LogP contribution < -0.4 is 0 Å². The Morgan fingerprint density at radius 1 is 1.75 bits per heavy atom. The van der Waals surface area contributed by atoms with Crippen molar-refractivity contribution >= 4 is 5.97 Å². The van der Waals surface area contributed by atoms with E-state index in [0.29, 0.717) is 6.42 Å². The molecule has 0 aliphatic rings. The Kier molecular flexibility index (Phi) is 6.38. The van der Waals surface area contributed by atoms with E-state index in [-0.39, 0.29) is 18.5 Å². The standard InChI is InChI=1S/C9H16O3/c1-3-5-6-8(7-10)9(11)12-4-2/h4,8,10H,2-3,5-7H2,1H3. The summed E-state index contributed by atoms with van der Waals surface area (Å²) in [4.78, 5) is 11.0. The van der Waals surface area contributed by atoms with Crippen molar-refractivity contribution in [1.82, 2.24) is 0 Å². The molecule has 0 amide bonds. The van der Waals surface area contributed by atoms with Gasteiger partial charge in [-0.1, -0.05) is 26.3 Å². The minimum absolute atomic E-state index is 0.146. The SMILES string of the molecule is C=COC(=O)C(CO)CCCC. The maximum atomic E-state index is 11.0. The zero-order valence-electron chi connectivity index (χ0n) is 7.45. The lowest BCUT2D eigenvalue weighted by atomic mass is 10.0. The molecule has 0 aromatic heterocycles. The molecule has 3 heteroatoms. The van der Waals surface area contributed by atoms with E-state index < -0.39 is 0 Å². The molecule has 3 nitrogen and oxygen atoms in total. The zero-order valence-corrected chi connectivity index (χ0v) is 7.45. The number of carbonyl (C=O) groups excluding carboxylic acids is 1. The van der Waals surface area contributed by atoms with Crippen molar-refractivity contribution in [3.8, 4) is 0 Å². The monoisotopic (exact) mass is 172 g/mol. The number of aliphatic hydroxyl groups is 1. The average Bonchev–Trinajstić information content (AvgIpc) is 2.06. The summed E-state index contributed by atoms with van der Waals surface area (Å²) in [7, 11) is 0. The molecule has 1 N–H and O–H groups in total. The number of aliphatic hydroxyl groups excluding tert-OH is 1. The average molecular weight is 172 g/mol. The van der Waals surface area contributed by atoms with Crippen LogP contribution in [0, 0.1) is 5.92 Å². The van der Waals surface area contributed by atoms with E-state index in [0.717, 1.165) is 19.1 Å². The van der Waals surface area contributed by atoms with Gasteiger partial charge in [0.2, 0.25) is 0 Å². The van der Waals surface area contributed by atoms with E-state index in [2.05, 4.69) is 11.3 Å². The Hall–Kier alpha value is -0.830. The van der Waals surface area contributed by atoms with E-state index >= 15 is 0 Å². The van der Waals surface area contributed by atoms with Crippen molar-refractivity contribution < 1.29 is 14.6 Å². The smallest absolute Gasteiger partial charge is 0.316 e. The summed E-state index contributed by atoms with van der Waals surface area (Å²) < 4.78 is 4.56. The summed E-state index contributed by atoms with van der Waals surface area (Å²) in [6.07, 6.45) is 3.71. The van der Waals surface area contributed by atoms with Crippen LogP contribution in [0.3, 0.4) is 0 Å². The number of hydrogen-bond donors (Lipinski definition) is 1. The summed E-state index contributed by atoms with van der Waals surface area (Å²) >= 11 is 0. The fourth-order valence-corrected chi connectivity index (χ4v) is 0.913. The van der Waals surface area contributed by atoms with Crippen molar-refractivity contribution in [2.75, 3.05) is 6.61 Å². The first-order valence-electron chi connectivity index (χ1n) is 4.18. The Morgan fingerprint density at radius 2 is 2.42 bits per heavy atom. The lowest BCUT2D eigenvalue weighted by molar-refractivity contribution is -0.144. The van der Waals surface area contributed by atoms with Gasteiger partial charge in [-0.3, -0.25) is 4.79 Å². The van der Waals surface area contributed by atoms with Gasteiger partial charge in [-0.25, -0.2) is 0 Å². The Labute approximate surface area is 73.0 Å². The van der Waals surface area contributed by atoms with Crippen molar-refractivity contribution in [2.45, 2.75) is 26.2 Å². The fraction of sp³-hybridized carbons (Fsp3) is 0.667. The van der Waals surface area contributed by atoms with Crippen molar-refractivity contribution in [3.63, 3.8) is 0 Å². The second kappa shape index (κ2) is 6.85. The highest BCUT2D eigenvalue weighted by atomic mass is 16.5. The molecule has 1 unspecified atom stereocenters. The van der Waals surface area contributed by atoms with Crippen LogP contribution in [-0.4, -0.2) is 17.7 Å². The molecule has 12 heavy (non-hydrogen) atoms. The van der Waals surface area contributed by atoms with Crippen molar-refractivity contribution in [1.29, 1.82) is 0 Å². The lowest BCUT2D eigenvalue weighted by Crippen LogP contribution is -2.19. The molecule has 0 saturated heterocycles. The predicted octanol–water partition coefficient (Wildman–Crippen LogP) is 1.47. The van der Waals surface area contributed by atoms with Crippen LogP contribution in [0.2, 0.25) is 0 Å². The van der Waals surface area contributed by atoms with E-state index in [1.165, 1.54) is 0 Å². The first-order valence-corrected chi connectivity index (χ1v) is 4.18. The number of carbonyl (C=O) groups is 1. The molecule has 0 bridgehead atoms. The first kappa shape index (κ1) is 11.2. The maximum Gasteiger partial charge on any atom is 0.316 e.